The highest BCUT2D eigenvalue weighted by atomic mass is 79.9. The molecular weight excluding hydrogens is 244 g/mol. The lowest BCUT2D eigenvalue weighted by molar-refractivity contribution is 0.0168. The third kappa shape index (κ3) is 1.63. The zero-order valence-electron chi connectivity index (χ0n) is 8.29. The summed E-state index contributed by atoms with van der Waals surface area (Å²) >= 11 is 3.40. The average Bonchev–Trinajstić information content (AvgIpc) is 2.73. The molecule has 14 heavy (non-hydrogen) atoms. The zero-order valence-corrected chi connectivity index (χ0v) is 9.88. The molecule has 1 saturated carbocycles. The standard InChI is InChI=1S/C11H15BrO2/c1-2-8-3-5-11(13,7-8)10-9(12)4-6-14-10/h4,6,8,13H,2-3,5,7H2,1H3. The predicted molar refractivity (Wildman–Crippen MR) is 57.9 cm³/mol. The van der Waals surface area contributed by atoms with Gasteiger partial charge in [-0.1, -0.05) is 13.3 Å². The van der Waals surface area contributed by atoms with Gasteiger partial charge in [-0.25, -0.2) is 0 Å². The van der Waals surface area contributed by atoms with Crippen molar-refractivity contribution in [3.63, 3.8) is 0 Å². The topological polar surface area (TPSA) is 33.4 Å². The summed E-state index contributed by atoms with van der Waals surface area (Å²) in [6.45, 7) is 2.17. The van der Waals surface area contributed by atoms with Crippen LogP contribution < -0.4 is 0 Å². The van der Waals surface area contributed by atoms with Gasteiger partial charge in [0.15, 0.2) is 0 Å². The van der Waals surface area contributed by atoms with Crippen LogP contribution in [0.2, 0.25) is 0 Å². The Kier molecular flexibility index (Phi) is 2.71. The van der Waals surface area contributed by atoms with E-state index in [1.165, 1.54) is 0 Å². The molecule has 0 radical (unpaired) electrons. The van der Waals surface area contributed by atoms with E-state index in [0.29, 0.717) is 11.7 Å². The first kappa shape index (κ1) is 10.2. The summed E-state index contributed by atoms with van der Waals surface area (Å²) in [7, 11) is 0. The van der Waals surface area contributed by atoms with E-state index in [-0.39, 0.29) is 0 Å². The minimum atomic E-state index is -0.733. The van der Waals surface area contributed by atoms with E-state index in [9.17, 15) is 5.11 Å². The second kappa shape index (κ2) is 3.70. The molecular formula is C11H15BrO2. The van der Waals surface area contributed by atoms with Crippen LogP contribution in [0.4, 0.5) is 0 Å². The van der Waals surface area contributed by atoms with Crippen LogP contribution in [0.15, 0.2) is 21.2 Å². The molecule has 0 spiro atoms. The average molecular weight is 259 g/mol. The molecule has 2 nitrogen and oxygen atoms in total. The molecule has 0 amide bonds. The van der Waals surface area contributed by atoms with Crippen LogP contribution in [0.1, 0.15) is 38.4 Å². The summed E-state index contributed by atoms with van der Waals surface area (Å²) in [5.41, 5.74) is -0.733. The number of hydrogen-bond donors (Lipinski definition) is 1. The van der Waals surface area contributed by atoms with Gasteiger partial charge in [-0.2, -0.15) is 0 Å². The summed E-state index contributed by atoms with van der Waals surface area (Å²) in [5, 5.41) is 10.4. The van der Waals surface area contributed by atoms with E-state index in [1.54, 1.807) is 6.26 Å². The van der Waals surface area contributed by atoms with E-state index >= 15 is 0 Å². The number of halogens is 1. The second-order valence-electron chi connectivity index (χ2n) is 4.15. The molecule has 1 aromatic heterocycles. The van der Waals surface area contributed by atoms with Crippen molar-refractivity contribution >= 4 is 15.9 Å². The van der Waals surface area contributed by atoms with Crippen molar-refractivity contribution < 1.29 is 9.52 Å². The fourth-order valence-corrected chi connectivity index (χ4v) is 2.88. The summed E-state index contributed by atoms with van der Waals surface area (Å²) in [4.78, 5) is 0. The largest absolute Gasteiger partial charge is 0.465 e. The lowest BCUT2D eigenvalue weighted by Crippen LogP contribution is -2.21. The molecule has 2 atom stereocenters. The first-order valence-corrected chi connectivity index (χ1v) is 5.91. The van der Waals surface area contributed by atoms with E-state index in [2.05, 4.69) is 22.9 Å². The van der Waals surface area contributed by atoms with Crippen molar-refractivity contribution in [1.29, 1.82) is 0 Å². The van der Waals surface area contributed by atoms with Crippen molar-refractivity contribution in [2.75, 3.05) is 0 Å². The van der Waals surface area contributed by atoms with Gasteiger partial charge in [-0.15, -0.1) is 0 Å². The molecule has 3 heteroatoms. The van der Waals surface area contributed by atoms with E-state index in [1.807, 2.05) is 6.07 Å². The summed E-state index contributed by atoms with van der Waals surface area (Å²) in [5.74, 6) is 1.34. The van der Waals surface area contributed by atoms with Gasteiger partial charge in [0.2, 0.25) is 0 Å². The predicted octanol–water partition coefficient (Wildman–Crippen LogP) is 3.44. The summed E-state index contributed by atoms with van der Waals surface area (Å²) in [6, 6.07) is 1.84. The Hall–Kier alpha value is -0.280. The van der Waals surface area contributed by atoms with Crippen molar-refractivity contribution in [1.82, 2.24) is 0 Å². The maximum atomic E-state index is 10.4. The zero-order chi connectivity index (χ0) is 10.2. The maximum absolute atomic E-state index is 10.4. The Bertz CT molecular complexity index is 321. The number of furan rings is 1. The Balaban J connectivity index is 2.22. The fourth-order valence-electron chi connectivity index (χ4n) is 2.31. The van der Waals surface area contributed by atoms with Crippen LogP contribution in [0.5, 0.6) is 0 Å². The van der Waals surface area contributed by atoms with Crippen LogP contribution in [-0.4, -0.2) is 5.11 Å². The van der Waals surface area contributed by atoms with Crippen molar-refractivity contribution in [3.8, 4) is 0 Å². The molecule has 1 N–H and O–H groups in total. The van der Waals surface area contributed by atoms with E-state index in [4.69, 9.17) is 4.42 Å². The van der Waals surface area contributed by atoms with Gasteiger partial charge in [-0.3, -0.25) is 0 Å². The molecule has 2 rings (SSSR count). The molecule has 0 aliphatic heterocycles. The van der Waals surface area contributed by atoms with Crippen LogP contribution in [0, 0.1) is 5.92 Å². The van der Waals surface area contributed by atoms with Crippen molar-refractivity contribution in [2.24, 2.45) is 5.92 Å². The van der Waals surface area contributed by atoms with Gasteiger partial charge in [0.05, 0.1) is 10.7 Å². The Morgan fingerprint density at radius 2 is 2.50 bits per heavy atom. The molecule has 1 fully saturated rings. The Morgan fingerprint density at radius 1 is 1.71 bits per heavy atom. The third-order valence-corrected chi connectivity index (χ3v) is 3.83. The van der Waals surface area contributed by atoms with Gasteiger partial charge >= 0.3 is 0 Å². The normalized spacial score (nSPS) is 32.4. The summed E-state index contributed by atoms with van der Waals surface area (Å²) < 4.78 is 6.23. The highest BCUT2D eigenvalue weighted by Crippen LogP contribution is 2.45. The minimum absolute atomic E-state index is 0.636. The molecule has 2 unspecified atom stereocenters. The molecule has 0 aromatic carbocycles. The smallest absolute Gasteiger partial charge is 0.149 e. The van der Waals surface area contributed by atoms with E-state index < -0.39 is 5.60 Å². The van der Waals surface area contributed by atoms with Gasteiger partial charge in [0, 0.05) is 0 Å². The van der Waals surface area contributed by atoms with Crippen LogP contribution >= 0.6 is 15.9 Å². The molecule has 0 bridgehead atoms. The lowest BCUT2D eigenvalue weighted by atomic mass is 9.96. The number of rotatable bonds is 2. The number of hydrogen-bond acceptors (Lipinski definition) is 2. The highest BCUT2D eigenvalue weighted by Gasteiger charge is 2.41. The van der Waals surface area contributed by atoms with Gasteiger partial charge in [0.1, 0.15) is 11.4 Å². The van der Waals surface area contributed by atoms with Crippen LogP contribution in [0.3, 0.4) is 0 Å². The molecule has 1 aliphatic carbocycles. The molecule has 1 aromatic rings. The maximum Gasteiger partial charge on any atom is 0.149 e. The fraction of sp³-hybridized carbons (Fsp3) is 0.636. The molecule has 78 valence electrons. The molecule has 1 heterocycles. The number of aliphatic hydroxyl groups is 1. The summed E-state index contributed by atoms with van der Waals surface area (Å²) in [6.07, 6.45) is 5.50. The lowest BCUT2D eigenvalue weighted by Gasteiger charge is -2.20. The van der Waals surface area contributed by atoms with Crippen LogP contribution in [-0.2, 0) is 5.60 Å². The van der Waals surface area contributed by atoms with Gasteiger partial charge in [0.25, 0.3) is 0 Å². The highest BCUT2D eigenvalue weighted by molar-refractivity contribution is 9.10. The Morgan fingerprint density at radius 3 is 3.00 bits per heavy atom. The van der Waals surface area contributed by atoms with Crippen molar-refractivity contribution in [2.45, 2.75) is 38.2 Å². The van der Waals surface area contributed by atoms with Crippen molar-refractivity contribution in [3.05, 3.63) is 22.6 Å². The van der Waals surface area contributed by atoms with E-state index in [0.717, 1.165) is 30.2 Å². The van der Waals surface area contributed by atoms with Gasteiger partial charge < -0.3 is 9.52 Å². The SMILES string of the molecule is CCC1CCC(O)(c2occc2Br)C1. The monoisotopic (exact) mass is 258 g/mol. The minimum Gasteiger partial charge on any atom is -0.465 e. The van der Waals surface area contributed by atoms with Gasteiger partial charge in [-0.05, 0) is 47.2 Å². The van der Waals surface area contributed by atoms with Crippen LogP contribution in [0.25, 0.3) is 0 Å². The first-order valence-electron chi connectivity index (χ1n) is 5.11. The molecule has 0 saturated heterocycles. The second-order valence-corrected chi connectivity index (χ2v) is 5.00. The Labute approximate surface area is 92.4 Å². The first-order chi connectivity index (χ1) is 6.65. The quantitative estimate of drug-likeness (QED) is 0.882. The molecule has 1 aliphatic rings. The third-order valence-electron chi connectivity index (χ3n) is 3.21.